The van der Waals surface area contributed by atoms with Gasteiger partial charge in [-0.1, -0.05) is 6.07 Å². The van der Waals surface area contributed by atoms with E-state index in [0.717, 1.165) is 6.07 Å². The van der Waals surface area contributed by atoms with Crippen LogP contribution in [0.4, 0.5) is 4.39 Å². The Kier molecular flexibility index (Phi) is 2.10. The summed E-state index contributed by atoms with van der Waals surface area (Å²) in [5, 5.41) is 17.9. The van der Waals surface area contributed by atoms with Gasteiger partial charge in [0, 0.05) is 0 Å². The molecule has 0 saturated carbocycles. The SMILES string of the molecule is C[C@@H](O)c1ccc(F)c(O)c1. The van der Waals surface area contributed by atoms with E-state index < -0.39 is 17.7 Å². The van der Waals surface area contributed by atoms with E-state index in [1.54, 1.807) is 6.92 Å². The summed E-state index contributed by atoms with van der Waals surface area (Å²) in [5.41, 5.74) is 0.504. The molecule has 1 atom stereocenters. The monoisotopic (exact) mass is 156 g/mol. The van der Waals surface area contributed by atoms with Gasteiger partial charge in [-0.3, -0.25) is 0 Å². The van der Waals surface area contributed by atoms with Crippen LogP contribution in [0.25, 0.3) is 0 Å². The Bertz CT molecular complexity index is 258. The van der Waals surface area contributed by atoms with Gasteiger partial charge in [-0.15, -0.1) is 0 Å². The third-order valence-electron chi connectivity index (χ3n) is 1.45. The molecule has 2 nitrogen and oxygen atoms in total. The van der Waals surface area contributed by atoms with Crippen LogP contribution in [0.1, 0.15) is 18.6 Å². The van der Waals surface area contributed by atoms with Crippen LogP contribution < -0.4 is 0 Å². The maximum Gasteiger partial charge on any atom is 0.164 e. The highest BCUT2D eigenvalue weighted by Crippen LogP contribution is 2.20. The molecule has 60 valence electrons. The third kappa shape index (κ3) is 1.68. The topological polar surface area (TPSA) is 40.5 Å². The van der Waals surface area contributed by atoms with Gasteiger partial charge in [0.05, 0.1) is 6.10 Å². The molecule has 1 aromatic rings. The molecule has 0 spiro atoms. The van der Waals surface area contributed by atoms with Crippen LogP contribution in [-0.4, -0.2) is 10.2 Å². The Morgan fingerprint density at radius 1 is 1.45 bits per heavy atom. The van der Waals surface area contributed by atoms with E-state index in [1.807, 2.05) is 0 Å². The first-order valence-corrected chi connectivity index (χ1v) is 3.27. The fourth-order valence-electron chi connectivity index (χ4n) is 0.790. The lowest BCUT2D eigenvalue weighted by atomic mass is 10.1. The van der Waals surface area contributed by atoms with Crippen molar-refractivity contribution < 1.29 is 14.6 Å². The molecular weight excluding hydrogens is 147 g/mol. The summed E-state index contributed by atoms with van der Waals surface area (Å²) in [4.78, 5) is 0. The first-order valence-electron chi connectivity index (χ1n) is 3.27. The number of hydrogen-bond donors (Lipinski definition) is 2. The second-order valence-corrected chi connectivity index (χ2v) is 2.39. The van der Waals surface area contributed by atoms with Crippen LogP contribution >= 0.6 is 0 Å². The van der Waals surface area contributed by atoms with Crippen LogP contribution in [0.5, 0.6) is 5.75 Å². The molecule has 0 heterocycles. The van der Waals surface area contributed by atoms with Gasteiger partial charge in [-0.05, 0) is 24.6 Å². The molecule has 1 rings (SSSR count). The Balaban J connectivity index is 3.05. The van der Waals surface area contributed by atoms with Crippen molar-refractivity contribution in [2.75, 3.05) is 0 Å². The summed E-state index contributed by atoms with van der Waals surface area (Å²) >= 11 is 0. The second kappa shape index (κ2) is 2.88. The zero-order chi connectivity index (χ0) is 8.43. The predicted molar refractivity (Wildman–Crippen MR) is 38.7 cm³/mol. The van der Waals surface area contributed by atoms with Crippen molar-refractivity contribution in [3.63, 3.8) is 0 Å². The van der Waals surface area contributed by atoms with Gasteiger partial charge in [0.15, 0.2) is 11.6 Å². The van der Waals surface area contributed by atoms with E-state index in [2.05, 4.69) is 0 Å². The van der Waals surface area contributed by atoms with Crippen LogP contribution in [0, 0.1) is 5.82 Å². The smallest absolute Gasteiger partial charge is 0.164 e. The Morgan fingerprint density at radius 2 is 2.09 bits per heavy atom. The average Bonchev–Trinajstić information content (AvgIpc) is 1.94. The molecule has 0 radical (unpaired) electrons. The molecule has 0 aromatic heterocycles. The summed E-state index contributed by atoms with van der Waals surface area (Å²) in [6.07, 6.45) is -0.679. The van der Waals surface area contributed by atoms with Gasteiger partial charge >= 0.3 is 0 Å². The highest BCUT2D eigenvalue weighted by Gasteiger charge is 2.04. The van der Waals surface area contributed by atoms with Gasteiger partial charge in [-0.25, -0.2) is 4.39 Å². The number of aliphatic hydroxyl groups is 1. The van der Waals surface area contributed by atoms with E-state index in [9.17, 15) is 4.39 Å². The number of aromatic hydroxyl groups is 1. The van der Waals surface area contributed by atoms with Crippen LogP contribution in [0.2, 0.25) is 0 Å². The lowest BCUT2D eigenvalue weighted by molar-refractivity contribution is 0.198. The van der Waals surface area contributed by atoms with E-state index in [0.29, 0.717) is 5.56 Å². The van der Waals surface area contributed by atoms with Gasteiger partial charge in [0.25, 0.3) is 0 Å². The molecule has 0 fully saturated rings. The van der Waals surface area contributed by atoms with Crippen molar-refractivity contribution in [2.45, 2.75) is 13.0 Å². The van der Waals surface area contributed by atoms with Crippen LogP contribution in [0.3, 0.4) is 0 Å². The molecule has 0 amide bonds. The Morgan fingerprint density at radius 3 is 2.55 bits per heavy atom. The summed E-state index contributed by atoms with van der Waals surface area (Å²) in [6, 6.07) is 3.76. The lowest BCUT2D eigenvalue weighted by Gasteiger charge is -2.04. The van der Waals surface area contributed by atoms with Crippen molar-refractivity contribution >= 4 is 0 Å². The largest absolute Gasteiger partial charge is 0.505 e. The highest BCUT2D eigenvalue weighted by molar-refractivity contribution is 5.29. The Hall–Kier alpha value is -1.09. The quantitative estimate of drug-likeness (QED) is 0.648. The number of phenolic OH excluding ortho intramolecular Hbond substituents is 1. The number of phenols is 1. The van der Waals surface area contributed by atoms with Crippen LogP contribution in [-0.2, 0) is 0 Å². The molecule has 0 saturated heterocycles. The predicted octanol–water partition coefficient (Wildman–Crippen LogP) is 1.58. The van der Waals surface area contributed by atoms with Crippen molar-refractivity contribution in [3.05, 3.63) is 29.6 Å². The zero-order valence-electron chi connectivity index (χ0n) is 6.08. The fraction of sp³-hybridized carbons (Fsp3) is 0.250. The molecule has 0 bridgehead atoms. The van der Waals surface area contributed by atoms with E-state index >= 15 is 0 Å². The minimum atomic E-state index is -0.679. The van der Waals surface area contributed by atoms with Crippen molar-refractivity contribution in [1.29, 1.82) is 0 Å². The summed E-state index contributed by atoms with van der Waals surface area (Å²) < 4.78 is 12.4. The molecule has 0 aliphatic heterocycles. The van der Waals surface area contributed by atoms with Gasteiger partial charge in [0.2, 0.25) is 0 Å². The number of hydrogen-bond acceptors (Lipinski definition) is 2. The van der Waals surface area contributed by atoms with Crippen molar-refractivity contribution in [2.24, 2.45) is 0 Å². The van der Waals surface area contributed by atoms with Gasteiger partial charge in [-0.2, -0.15) is 0 Å². The molecule has 0 aliphatic carbocycles. The molecule has 2 N–H and O–H groups in total. The molecular formula is C8H9FO2. The Labute approximate surface area is 63.9 Å². The maximum atomic E-state index is 12.4. The standard InChI is InChI=1S/C8H9FO2/c1-5(10)6-2-3-7(9)8(11)4-6/h2-5,10-11H,1H3/t5-/m1/s1. The minimum absolute atomic E-state index is 0.427. The number of halogens is 1. The summed E-state index contributed by atoms with van der Waals surface area (Å²) in [7, 11) is 0. The van der Waals surface area contributed by atoms with E-state index in [4.69, 9.17) is 10.2 Å². The van der Waals surface area contributed by atoms with Gasteiger partial charge in [0.1, 0.15) is 0 Å². The summed E-state index contributed by atoms with van der Waals surface area (Å²) in [6.45, 7) is 1.55. The van der Waals surface area contributed by atoms with Crippen LogP contribution in [0.15, 0.2) is 18.2 Å². The summed E-state index contributed by atoms with van der Waals surface area (Å²) in [5.74, 6) is -1.10. The normalized spacial score (nSPS) is 13.0. The van der Waals surface area contributed by atoms with E-state index in [1.165, 1.54) is 12.1 Å². The molecule has 0 aliphatic rings. The van der Waals surface area contributed by atoms with Crippen molar-refractivity contribution in [3.8, 4) is 5.75 Å². The zero-order valence-corrected chi connectivity index (χ0v) is 6.08. The van der Waals surface area contributed by atoms with Crippen molar-refractivity contribution in [1.82, 2.24) is 0 Å². The number of rotatable bonds is 1. The maximum absolute atomic E-state index is 12.4. The highest BCUT2D eigenvalue weighted by atomic mass is 19.1. The van der Waals surface area contributed by atoms with Gasteiger partial charge < -0.3 is 10.2 Å². The first-order chi connectivity index (χ1) is 5.11. The van der Waals surface area contributed by atoms with E-state index in [-0.39, 0.29) is 0 Å². The first kappa shape index (κ1) is 8.01. The molecule has 0 unspecified atom stereocenters. The molecule has 3 heteroatoms. The molecule has 11 heavy (non-hydrogen) atoms. The fourth-order valence-corrected chi connectivity index (χ4v) is 0.790. The average molecular weight is 156 g/mol. The third-order valence-corrected chi connectivity index (χ3v) is 1.45. The lowest BCUT2D eigenvalue weighted by Crippen LogP contribution is -1.90. The number of benzene rings is 1. The molecule has 1 aromatic carbocycles. The minimum Gasteiger partial charge on any atom is -0.505 e. The second-order valence-electron chi connectivity index (χ2n) is 2.39. The number of aliphatic hydroxyl groups excluding tert-OH is 1.